The molecule has 0 spiro atoms. The lowest BCUT2D eigenvalue weighted by Crippen LogP contribution is -2.06. The minimum absolute atomic E-state index is 0.697. The second-order valence-electron chi connectivity index (χ2n) is 4.74. The largest absolute Gasteiger partial charge is 0.394 e. The Labute approximate surface area is 113 Å². The molecule has 3 N–H and O–H groups in total. The van der Waals surface area contributed by atoms with Gasteiger partial charge in [0, 0.05) is 25.5 Å². The summed E-state index contributed by atoms with van der Waals surface area (Å²) in [6.07, 6.45) is 3.83. The lowest BCUT2D eigenvalue weighted by molar-refractivity contribution is 0.735. The van der Waals surface area contributed by atoms with Crippen molar-refractivity contribution in [2.75, 3.05) is 11.1 Å². The molecule has 0 aliphatic carbocycles. The summed E-state index contributed by atoms with van der Waals surface area (Å²) in [7, 11) is 1.91. The quantitative estimate of drug-likeness (QED) is 0.864. The summed E-state index contributed by atoms with van der Waals surface area (Å²) in [6.45, 7) is 4.80. The standard InChI is InChI=1S/C14H21N5/c1-4-5-12-13(15)14(19(3)18-12)17-9-11-7-6-10(2)16-8-11/h6-8,17H,4-5,9,15H2,1-3H3. The second-order valence-corrected chi connectivity index (χ2v) is 4.74. The van der Waals surface area contributed by atoms with Gasteiger partial charge in [0.25, 0.3) is 0 Å². The summed E-state index contributed by atoms with van der Waals surface area (Å²) in [5.41, 5.74) is 9.99. The van der Waals surface area contributed by atoms with Crippen LogP contribution in [0.15, 0.2) is 18.3 Å². The number of nitrogens with zero attached hydrogens (tertiary/aromatic N) is 3. The number of aromatic nitrogens is 3. The fourth-order valence-corrected chi connectivity index (χ4v) is 2.02. The molecule has 2 aromatic rings. The first kappa shape index (κ1) is 13.4. The van der Waals surface area contributed by atoms with Crippen molar-refractivity contribution >= 4 is 11.5 Å². The number of hydrogen-bond acceptors (Lipinski definition) is 4. The van der Waals surface area contributed by atoms with Gasteiger partial charge < -0.3 is 11.1 Å². The molecule has 2 rings (SSSR count). The topological polar surface area (TPSA) is 68.8 Å². The van der Waals surface area contributed by atoms with Crippen LogP contribution in [0.1, 0.15) is 30.3 Å². The zero-order chi connectivity index (χ0) is 13.8. The highest BCUT2D eigenvalue weighted by Gasteiger charge is 2.12. The van der Waals surface area contributed by atoms with Crippen molar-refractivity contribution in [3.63, 3.8) is 0 Å². The third-order valence-corrected chi connectivity index (χ3v) is 3.08. The van der Waals surface area contributed by atoms with Crippen LogP contribution in [-0.2, 0) is 20.0 Å². The van der Waals surface area contributed by atoms with E-state index in [4.69, 9.17) is 5.73 Å². The summed E-state index contributed by atoms with van der Waals surface area (Å²) in [4.78, 5) is 4.28. The van der Waals surface area contributed by atoms with E-state index < -0.39 is 0 Å². The van der Waals surface area contributed by atoms with Crippen molar-refractivity contribution < 1.29 is 0 Å². The van der Waals surface area contributed by atoms with E-state index in [9.17, 15) is 0 Å². The average Bonchev–Trinajstić information content (AvgIpc) is 2.65. The van der Waals surface area contributed by atoms with E-state index in [-0.39, 0.29) is 0 Å². The van der Waals surface area contributed by atoms with Crippen LogP contribution < -0.4 is 11.1 Å². The van der Waals surface area contributed by atoms with E-state index in [2.05, 4.69) is 28.4 Å². The first-order chi connectivity index (χ1) is 9.11. The smallest absolute Gasteiger partial charge is 0.148 e. The van der Waals surface area contributed by atoms with Crippen LogP contribution in [0, 0.1) is 6.92 Å². The van der Waals surface area contributed by atoms with Crippen LogP contribution in [0.4, 0.5) is 11.5 Å². The fourth-order valence-electron chi connectivity index (χ4n) is 2.02. The van der Waals surface area contributed by atoms with E-state index >= 15 is 0 Å². The zero-order valence-electron chi connectivity index (χ0n) is 11.8. The number of nitrogens with one attached hydrogen (secondary N) is 1. The highest BCUT2D eigenvalue weighted by Crippen LogP contribution is 2.23. The molecule has 0 unspecified atom stereocenters. The molecule has 0 saturated heterocycles. The Bertz CT molecular complexity index is 542. The zero-order valence-corrected chi connectivity index (χ0v) is 11.8. The molecule has 102 valence electrons. The maximum absolute atomic E-state index is 6.12. The molecule has 0 amide bonds. The minimum atomic E-state index is 0.697. The van der Waals surface area contributed by atoms with Crippen LogP contribution in [0.3, 0.4) is 0 Å². The second kappa shape index (κ2) is 5.73. The Morgan fingerprint density at radius 3 is 2.79 bits per heavy atom. The van der Waals surface area contributed by atoms with Crippen molar-refractivity contribution in [3.05, 3.63) is 35.3 Å². The predicted molar refractivity (Wildman–Crippen MR) is 77.9 cm³/mol. The van der Waals surface area contributed by atoms with Crippen molar-refractivity contribution in [3.8, 4) is 0 Å². The van der Waals surface area contributed by atoms with Gasteiger partial charge in [-0.1, -0.05) is 19.4 Å². The lowest BCUT2D eigenvalue weighted by Gasteiger charge is -2.07. The summed E-state index contributed by atoms with van der Waals surface area (Å²) >= 11 is 0. The van der Waals surface area contributed by atoms with E-state index in [0.29, 0.717) is 6.54 Å². The number of rotatable bonds is 5. The Morgan fingerprint density at radius 1 is 1.37 bits per heavy atom. The number of aryl methyl sites for hydroxylation is 3. The molecule has 5 nitrogen and oxygen atoms in total. The molecule has 0 fully saturated rings. The predicted octanol–water partition coefficient (Wildman–Crippen LogP) is 2.27. The molecule has 0 atom stereocenters. The first-order valence-electron chi connectivity index (χ1n) is 6.58. The van der Waals surface area contributed by atoms with Gasteiger partial charge in [0.1, 0.15) is 5.82 Å². The fraction of sp³-hybridized carbons (Fsp3) is 0.429. The molecule has 0 aliphatic rings. The molecule has 0 bridgehead atoms. The van der Waals surface area contributed by atoms with Crippen LogP contribution >= 0.6 is 0 Å². The van der Waals surface area contributed by atoms with Crippen molar-refractivity contribution in [1.29, 1.82) is 0 Å². The van der Waals surface area contributed by atoms with Gasteiger partial charge in [-0.2, -0.15) is 5.10 Å². The maximum atomic E-state index is 6.12. The van der Waals surface area contributed by atoms with E-state index in [1.165, 1.54) is 0 Å². The molecule has 2 heterocycles. The van der Waals surface area contributed by atoms with Crippen LogP contribution in [0.5, 0.6) is 0 Å². The maximum Gasteiger partial charge on any atom is 0.148 e. The molecule has 0 aromatic carbocycles. The molecule has 0 saturated carbocycles. The summed E-state index contributed by atoms with van der Waals surface area (Å²) < 4.78 is 1.81. The summed E-state index contributed by atoms with van der Waals surface area (Å²) in [5.74, 6) is 0.879. The number of nitrogen functional groups attached to an aromatic ring is 1. The lowest BCUT2D eigenvalue weighted by atomic mass is 10.2. The highest BCUT2D eigenvalue weighted by molar-refractivity contribution is 5.65. The SMILES string of the molecule is CCCc1nn(C)c(NCc2ccc(C)nc2)c1N. The van der Waals surface area contributed by atoms with Crippen molar-refractivity contribution in [2.24, 2.45) is 7.05 Å². The summed E-state index contributed by atoms with van der Waals surface area (Å²) in [5, 5.41) is 7.77. The Balaban J connectivity index is 2.09. The highest BCUT2D eigenvalue weighted by atomic mass is 15.3. The van der Waals surface area contributed by atoms with Crippen LogP contribution in [-0.4, -0.2) is 14.8 Å². The third kappa shape index (κ3) is 3.05. The molecule has 0 aliphatic heterocycles. The van der Waals surface area contributed by atoms with Gasteiger partial charge in [0.15, 0.2) is 0 Å². The van der Waals surface area contributed by atoms with Gasteiger partial charge in [-0.25, -0.2) is 0 Å². The monoisotopic (exact) mass is 259 g/mol. The first-order valence-corrected chi connectivity index (χ1v) is 6.58. The molecule has 19 heavy (non-hydrogen) atoms. The van der Waals surface area contributed by atoms with E-state index in [0.717, 1.165) is 41.3 Å². The molecular weight excluding hydrogens is 238 g/mol. The average molecular weight is 259 g/mol. The van der Waals surface area contributed by atoms with Gasteiger partial charge in [0.05, 0.1) is 11.4 Å². The van der Waals surface area contributed by atoms with Gasteiger partial charge in [-0.3, -0.25) is 9.67 Å². The van der Waals surface area contributed by atoms with Gasteiger partial charge in [0.2, 0.25) is 0 Å². The van der Waals surface area contributed by atoms with Crippen molar-refractivity contribution in [1.82, 2.24) is 14.8 Å². The van der Waals surface area contributed by atoms with Crippen molar-refractivity contribution in [2.45, 2.75) is 33.2 Å². The van der Waals surface area contributed by atoms with E-state index in [1.807, 2.05) is 30.9 Å². The Morgan fingerprint density at radius 2 is 2.16 bits per heavy atom. The number of anilines is 2. The van der Waals surface area contributed by atoms with Gasteiger partial charge in [-0.15, -0.1) is 0 Å². The van der Waals surface area contributed by atoms with Gasteiger partial charge in [-0.05, 0) is 25.0 Å². The summed E-state index contributed by atoms with van der Waals surface area (Å²) in [6, 6.07) is 4.07. The molecule has 2 aromatic heterocycles. The Hall–Kier alpha value is -2.04. The van der Waals surface area contributed by atoms with Crippen LogP contribution in [0.2, 0.25) is 0 Å². The molecular formula is C14H21N5. The third-order valence-electron chi connectivity index (χ3n) is 3.08. The number of nitrogens with two attached hydrogens (primary N) is 1. The number of hydrogen-bond donors (Lipinski definition) is 2. The van der Waals surface area contributed by atoms with Crippen LogP contribution in [0.25, 0.3) is 0 Å². The van der Waals surface area contributed by atoms with E-state index in [1.54, 1.807) is 0 Å². The normalized spacial score (nSPS) is 10.7. The Kier molecular flexibility index (Phi) is 4.04. The minimum Gasteiger partial charge on any atom is -0.394 e. The van der Waals surface area contributed by atoms with Gasteiger partial charge >= 0.3 is 0 Å². The molecule has 5 heteroatoms. The molecule has 0 radical (unpaired) electrons. The number of pyridine rings is 1.